The predicted molar refractivity (Wildman–Crippen MR) is 34.0 cm³/mol. The van der Waals surface area contributed by atoms with E-state index in [1.807, 2.05) is 0 Å². The van der Waals surface area contributed by atoms with Gasteiger partial charge in [0.05, 0.1) is 5.69 Å². The Kier molecular flexibility index (Phi) is 1.80. The molecule has 0 aliphatic carbocycles. The predicted octanol–water partition coefficient (Wildman–Crippen LogP) is 1.84. The summed E-state index contributed by atoms with van der Waals surface area (Å²) in [6, 6.07) is 9.94. The average molecular weight is 120 g/mol. The van der Waals surface area contributed by atoms with Gasteiger partial charge in [0, 0.05) is 0 Å². The van der Waals surface area contributed by atoms with Gasteiger partial charge in [0.2, 0.25) is 0 Å². The summed E-state index contributed by atoms with van der Waals surface area (Å²) < 4.78 is 0. The average Bonchev–Trinajstić information content (AvgIpc) is 1.91. The highest BCUT2D eigenvalue weighted by Gasteiger charge is 1.81. The Balaban J connectivity index is 2.72. The van der Waals surface area contributed by atoms with Crippen LogP contribution in [0.1, 0.15) is 0 Å². The SMILES string of the molecule is N=NNc1cc[c]cc1. The van der Waals surface area contributed by atoms with Gasteiger partial charge >= 0.3 is 0 Å². The smallest absolute Gasteiger partial charge is 0.0579 e. The van der Waals surface area contributed by atoms with E-state index >= 15 is 0 Å². The maximum Gasteiger partial charge on any atom is 0.0579 e. The molecule has 0 atom stereocenters. The van der Waals surface area contributed by atoms with Gasteiger partial charge in [-0.3, -0.25) is 5.43 Å². The van der Waals surface area contributed by atoms with Gasteiger partial charge in [0.1, 0.15) is 0 Å². The van der Waals surface area contributed by atoms with Crippen LogP contribution < -0.4 is 5.43 Å². The molecule has 0 fully saturated rings. The Hall–Kier alpha value is -1.38. The number of anilines is 1. The zero-order valence-electron chi connectivity index (χ0n) is 4.76. The standard InChI is InChI=1S/C6H6N3/c7-9-8-6-4-2-1-3-5-6/h2-5H,(H2,7,8). The summed E-state index contributed by atoms with van der Waals surface area (Å²) in [6.45, 7) is 0. The Labute approximate surface area is 53.2 Å². The minimum absolute atomic E-state index is 0.809. The molecule has 2 N–H and O–H groups in total. The molecule has 0 heterocycles. The third-order valence-corrected chi connectivity index (χ3v) is 0.903. The summed E-state index contributed by atoms with van der Waals surface area (Å²) in [5, 5.41) is 2.99. The summed E-state index contributed by atoms with van der Waals surface area (Å²) in [4.78, 5) is 0. The zero-order valence-corrected chi connectivity index (χ0v) is 4.76. The molecule has 0 aromatic heterocycles. The van der Waals surface area contributed by atoms with Crippen LogP contribution in [0, 0.1) is 11.6 Å². The van der Waals surface area contributed by atoms with E-state index in [0.29, 0.717) is 0 Å². The molecule has 0 amide bonds. The van der Waals surface area contributed by atoms with E-state index in [9.17, 15) is 0 Å². The van der Waals surface area contributed by atoms with Crippen LogP contribution >= 0.6 is 0 Å². The largest absolute Gasteiger partial charge is 0.260 e. The summed E-state index contributed by atoms with van der Waals surface area (Å²) >= 11 is 0. The van der Waals surface area contributed by atoms with Crippen molar-refractivity contribution in [3.05, 3.63) is 30.3 Å². The van der Waals surface area contributed by atoms with Crippen molar-refractivity contribution in [1.82, 2.24) is 0 Å². The Morgan fingerprint density at radius 1 is 1.44 bits per heavy atom. The molecule has 3 heteroatoms. The molecule has 45 valence electrons. The van der Waals surface area contributed by atoms with Crippen LogP contribution in [-0.2, 0) is 0 Å². The van der Waals surface area contributed by atoms with Crippen molar-refractivity contribution >= 4 is 5.69 Å². The number of nitrogens with one attached hydrogen (secondary N) is 2. The van der Waals surface area contributed by atoms with Gasteiger partial charge in [0.25, 0.3) is 0 Å². The maximum absolute atomic E-state index is 6.44. The van der Waals surface area contributed by atoms with E-state index in [-0.39, 0.29) is 0 Å². The lowest BCUT2D eigenvalue weighted by Gasteiger charge is -1.92. The van der Waals surface area contributed by atoms with Crippen molar-refractivity contribution in [1.29, 1.82) is 5.53 Å². The minimum atomic E-state index is 0.809. The number of rotatable bonds is 2. The Morgan fingerprint density at radius 2 is 2.11 bits per heavy atom. The first kappa shape index (κ1) is 5.75. The summed E-state index contributed by atoms with van der Waals surface area (Å²) in [5.74, 6) is 0. The lowest BCUT2D eigenvalue weighted by molar-refractivity contribution is 1.06. The van der Waals surface area contributed by atoms with Crippen LogP contribution in [-0.4, -0.2) is 0 Å². The fourth-order valence-corrected chi connectivity index (χ4v) is 0.526. The van der Waals surface area contributed by atoms with Gasteiger partial charge < -0.3 is 0 Å². The molecule has 0 spiro atoms. The normalized spacial score (nSPS) is 8.44. The molecule has 0 saturated carbocycles. The van der Waals surface area contributed by atoms with Crippen molar-refractivity contribution in [3.63, 3.8) is 0 Å². The van der Waals surface area contributed by atoms with Gasteiger partial charge in [-0.2, -0.15) is 5.53 Å². The van der Waals surface area contributed by atoms with Gasteiger partial charge in [-0.25, -0.2) is 0 Å². The number of nitrogens with zero attached hydrogens (tertiary/aromatic N) is 1. The van der Waals surface area contributed by atoms with E-state index < -0.39 is 0 Å². The van der Waals surface area contributed by atoms with Crippen molar-refractivity contribution in [2.75, 3.05) is 5.43 Å². The molecular weight excluding hydrogens is 114 g/mol. The first-order valence-electron chi connectivity index (χ1n) is 2.52. The fourth-order valence-electron chi connectivity index (χ4n) is 0.526. The molecule has 1 aromatic rings. The highest BCUT2D eigenvalue weighted by Crippen LogP contribution is 2.02. The van der Waals surface area contributed by atoms with Crippen molar-refractivity contribution in [3.8, 4) is 0 Å². The van der Waals surface area contributed by atoms with E-state index in [4.69, 9.17) is 5.53 Å². The number of benzene rings is 1. The van der Waals surface area contributed by atoms with Crippen LogP contribution in [0.3, 0.4) is 0 Å². The first-order chi connectivity index (χ1) is 4.43. The molecule has 0 aliphatic rings. The van der Waals surface area contributed by atoms with Crippen LogP contribution in [0.15, 0.2) is 29.5 Å². The van der Waals surface area contributed by atoms with Crippen LogP contribution in [0.2, 0.25) is 0 Å². The third-order valence-electron chi connectivity index (χ3n) is 0.903. The van der Waals surface area contributed by atoms with Gasteiger partial charge in [-0.1, -0.05) is 17.4 Å². The first-order valence-corrected chi connectivity index (χ1v) is 2.52. The molecule has 0 aliphatic heterocycles. The van der Waals surface area contributed by atoms with E-state index in [1.165, 1.54) is 0 Å². The third kappa shape index (κ3) is 1.53. The van der Waals surface area contributed by atoms with Crippen molar-refractivity contribution in [2.45, 2.75) is 0 Å². The lowest BCUT2D eigenvalue weighted by atomic mass is 10.3. The second-order valence-corrected chi connectivity index (χ2v) is 1.51. The molecule has 0 saturated heterocycles. The Bertz CT molecular complexity index is 183. The molecule has 0 unspecified atom stereocenters. The molecule has 1 rings (SSSR count). The van der Waals surface area contributed by atoms with Crippen LogP contribution in [0.4, 0.5) is 5.69 Å². The molecular formula is C6H6N3. The summed E-state index contributed by atoms with van der Waals surface area (Å²) in [6.07, 6.45) is 0. The minimum Gasteiger partial charge on any atom is -0.260 e. The van der Waals surface area contributed by atoms with Gasteiger partial charge in [0.15, 0.2) is 0 Å². The second-order valence-electron chi connectivity index (χ2n) is 1.51. The quantitative estimate of drug-likeness (QED) is 0.454. The van der Waals surface area contributed by atoms with Gasteiger partial charge in [-0.05, 0) is 18.2 Å². The molecule has 3 nitrogen and oxygen atoms in total. The maximum atomic E-state index is 6.44. The van der Waals surface area contributed by atoms with Crippen LogP contribution in [0.5, 0.6) is 0 Å². The van der Waals surface area contributed by atoms with Crippen molar-refractivity contribution < 1.29 is 0 Å². The fraction of sp³-hybridized carbons (Fsp3) is 0. The van der Waals surface area contributed by atoms with E-state index in [0.717, 1.165) is 5.69 Å². The molecule has 1 radical (unpaired) electrons. The molecule has 9 heavy (non-hydrogen) atoms. The monoisotopic (exact) mass is 120 g/mol. The summed E-state index contributed by atoms with van der Waals surface area (Å²) in [5.41, 5.74) is 9.73. The van der Waals surface area contributed by atoms with E-state index in [1.54, 1.807) is 24.3 Å². The van der Waals surface area contributed by atoms with Crippen molar-refractivity contribution in [2.24, 2.45) is 5.22 Å². The zero-order chi connectivity index (χ0) is 6.53. The van der Waals surface area contributed by atoms with E-state index in [2.05, 4.69) is 16.7 Å². The highest BCUT2D eigenvalue weighted by atomic mass is 15.4. The molecule has 1 aromatic carbocycles. The summed E-state index contributed by atoms with van der Waals surface area (Å²) in [7, 11) is 0. The second kappa shape index (κ2) is 2.81. The number of hydrogen-bond donors (Lipinski definition) is 2. The Morgan fingerprint density at radius 3 is 2.67 bits per heavy atom. The highest BCUT2D eigenvalue weighted by molar-refractivity contribution is 5.40. The lowest BCUT2D eigenvalue weighted by Crippen LogP contribution is -1.82. The van der Waals surface area contributed by atoms with Gasteiger partial charge in [-0.15, -0.1) is 0 Å². The molecule has 0 bridgehead atoms. The van der Waals surface area contributed by atoms with Crippen LogP contribution in [0.25, 0.3) is 0 Å². The topological polar surface area (TPSA) is 48.2 Å². The number of hydrogen-bond acceptors (Lipinski definition) is 2.